The molecule has 0 unspecified atom stereocenters. The second kappa shape index (κ2) is 7.83. The van der Waals surface area contributed by atoms with Gasteiger partial charge in [0.2, 0.25) is 0 Å². The summed E-state index contributed by atoms with van der Waals surface area (Å²) in [5.41, 5.74) is 5.26. The van der Waals surface area contributed by atoms with Crippen LogP contribution in [0.1, 0.15) is 29.3 Å². The highest BCUT2D eigenvalue weighted by atomic mass is 19.1. The molecule has 8 heteroatoms. The molecule has 0 aliphatic rings. The Morgan fingerprint density at radius 2 is 2.19 bits per heavy atom. The molecule has 21 heavy (non-hydrogen) atoms. The van der Waals surface area contributed by atoms with Crippen molar-refractivity contribution in [2.45, 2.75) is 13.3 Å². The van der Waals surface area contributed by atoms with Crippen molar-refractivity contribution in [3.8, 4) is 0 Å². The number of nitrogens with zero attached hydrogens (tertiary/aromatic N) is 1. The zero-order chi connectivity index (χ0) is 15.8. The average Bonchev–Trinajstić information content (AvgIpc) is 2.46. The molecular formula is C13H16FN3O4. The van der Waals surface area contributed by atoms with Crippen molar-refractivity contribution in [1.29, 1.82) is 0 Å². The molecule has 4 N–H and O–H groups in total. The van der Waals surface area contributed by atoms with Gasteiger partial charge in [0.05, 0.1) is 18.6 Å². The largest absolute Gasteiger partial charge is 0.466 e. The number of hydrogen-bond donors (Lipinski definition) is 3. The van der Waals surface area contributed by atoms with E-state index in [2.05, 4.69) is 10.5 Å². The summed E-state index contributed by atoms with van der Waals surface area (Å²) in [5.74, 6) is -2.18. The molecule has 0 atom stereocenters. The molecule has 1 rings (SSSR count). The molecule has 7 nitrogen and oxygen atoms in total. The molecule has 1 aromatic rings. The maximum absolute atomic E-state index is 13.8. The number of halogens is 1. The number of ether oxygens (including phenoxy) is 1. The number of hydrogen-bond acceptors (Lipinski definition) is 5. The van der Waals surface area contributed by atoms with Gasteiger partial charge in [-0.15, -0.1) is 0 Å². The van der Waals surface area contributed by atoms with E-state index >= 15 is 0 Å². The van der Waals surface area contributed by atoms with Crippen LogP contribution < -0.4 is 11.1 Å². The van der Waals surface area contributed by atoms with E-state index in [-0.39, 0.29) is 36.5 Å². The maximum Gasteiger partial charge on any atom is 0.307 e. The molecule has 0 aliphatic carbocycles. The van der Waals surface area contributed by atoms with Crippen LogP contribution in [0.4, 0.5) is 4.39 Å². The highest BCUT2D eigenvalue weighted by Gasteiger charge is 2.13. The van der Waals surface area contributed by atoms with E-state index in [1.807, 2.05) is 0 Å². The van der Waals surface area contributed by atoms with Crippen molar-refractivity contribution in [3.63, 3.8) is 0 Å². The lowest BCUT2D eigenvalue weighted by Gasteiger charge is -2.07. The van der Waals surface area contributed by atoms with Crippen LogP contribution in [-0.4, -0.2) is 36.1 Å². The molecule has 1 aromatic carbocycles. The number of nitrogens with two attached hydrogens (primary N) is 1. The minimum absolute atomic E-state index is 0.00337. The van der Waals surface area contributed by atoms with Gasteiger partial charge in [0.1, 0.15) is 5.82 Å². The monoisotopic (exact) mass is 297 g/mol. The van der Waals surface area contributed by atoms with E-state index in [1.54, 1.807) is 6.92 Å². The van der Waals surface area contributed by atoms with Crippen molar-refractivity contribution < 1.29 is 23.9 Å². The third-order valence-corrected chi connectivity index (χ3v) is 2.54. The third kappa shape index (κ3) is 4.75. The second-order valence-electron chi connectivity index (χ2n) is 3.99. The first-order valence-corrected chi connectivity index (χ1v) is 6.20. The van der Waals surface area contributed by atoms with Crippen molar-refractivity contribution in [2.24, 2.45) is 10.9 Å². The minimum Gasteiger partial charge on any atom is -0.466 e. The minimum atomic E-state index is -0.812. The summed E-state index contributed by atoms with van der Waals surface area (Å²) in [6.45, 7) is 1.98. The van der Waals surface area contributed by atoms with Gasteiger partial charge < -0.3 is 21.0 Å². The third-order valence-electron chi connectivity index (χ3n) is 2.54. The van der Waals surface area contributed by atoms with Gasteiger partial charge in [0, 0.05) is 12.1 Å². The van der Waals surface area contributed by atoms with E-state index in [1.165, 1.54) is 12.1 Å². The Kier molecular flexibility index (Phi) is 6.12. The van der Waals surface area contributed by atoms with E-state index in [0.29, 0.717) is 0 Å². The number of rotatable bonds is 6. The summed E-state index contributed by atoms with van der Waals surface area (Å²) in [4.78, 5) is 22.8. The standard InChI is InChI=1S/C13H16FN3O4/c1-2-21-11(18)5-6-16-13(19)9-4-3-8(7-10(9)14)12(15)17-20/h3-4,7,20H,2,5-6H2,1H3,(H2,15,17)(H,16,19). The molecule has 114 valence electrons. The molecule has 0 fully saturated rings. The molecule has 0 heterocycles. The van der Waals surface area contributed by atoms with Crippen molar-refractivity contribution in [2.75, 3.05) is 13.2 Å². The van der Waals surface area contributed by atoms with Crippen molar-refractivity contribution >= 4 is 17.7 Å². The Balaban J connectivity index is 2.65. The lowest BCUT2D eigenvalue weighted by Crippen LogP contribution is -2.27. The van der Waals surface area contributed by atoms with E-state index in [9.17, 15) is 14.0 Å². The number of carbonyl (C=O) groups excluding carboxylic acids is 2. The molecule has 0 spiro atoms. The molecule has 0 saturated heterocycles. The van der Waals surface area contributed by atoms with E-state index in [0.717, 1.165) is 6.07 Å². The summed E-state index contributed by atoms with van der Waals surface area (Å²) in [6, 6.07) is 3.54. The van der Waals surface area contributed by atoms with Crippen molar-refractivity contribution in [3.05, 3.63) is 35.1 Å². The molecule has 0 radical (unpaired) electrons. The van der Waals surface area contributed by atoms with Crippen molar-refractivity contribution in [1.82, 2.24) is 5.32 Å². The first-order chi connectivity index (χ1) is 9.99. The second-order valence-corrected chi connectivity index (χ2v) is 3.99. The summed E-state index contributed by atoms with van der Waals surface area (Å²) in [7, 11) is 0. The molecule has 1 amide bonds. The Morgan fingerprint density at radius 3 is 2.76 bits per heavy atom. The molecular weight excluding hydrogens is 281 g/mol. The van der Waals surface area contributed by atoms with Crippen LogP contribution in [0.15, 0.2) is 23.4 Å². The Morgan fingerprint density at radius 1 is 1.48 bits per heavy atom. The van der Waals surface area contributed by atoms with Crippen LogP contribution in [-0.2, 0) is 9.53 Å². The Hall–Kier alpha value is -2.64. The van der Waals surface area contributed by atoms with Crippen LogP contribution in [0, 0.1) is 5.82 Å². The SMILES string of the molecule is CCOC(=O)CCNC(=O)c1ccc(/C(N)=N/O)cc1F. The number of esters is 1. The summed E-state index contributed by atoms with van der Waals surface area (Å²) < 4.78 is 18.5. The Labute approximate surface area is 120 Å². The van der Waals surface area contributed by atoms with Crippen LogP contribution in [0.5, 0.6) is 0 Å². The van der Waals surface area contributed by atoms with Gasteiger partial charge in [0.25, 0.3) is 5.91 Å². The first kappa shape index (κ1) is 16.4. The number of carbonyl (C=O) groups is 2. The van der Waals surface area contributed by atoms with Crippen LogP contribution in [0.2, 0.25) is 0 Å². The van der Waals surface area contributed by atoms with Gasteiger partial charge in [-0.25, -0.2) is 4.39 Å². The topological polar surface area (TPSA) is 114 Å². The van der Waals surface area contributed by atoms with Crippen LogP contribution in [0.3, 0.4) is 0 Å². The summed E-state index contributed by atoms with van der Waals surface area (Å²) in [5, 5.41) is 13.6. The normalized spacial score (nSPS) is 11.0. The number of amides is 1. The number of oxime groups is 1. The van der Waals surface area contributed by atoms with Crippen LogP contribution in [0.25, 0.3) is 0 Å². The zero-order valence-electron chi connectivity index (χ0n) is 11.4. The van der Waals surface area contributed by atoms with E-state index in [4.69, 9.17) is 15.7 Å². The van der Waals surface area contributed by atoms with Gasteiger partial charge in [-0.3, -0.25) is 9.59 Å². The fraction of sp³-hybridized carbons (Fsp3) is 0.308. The predicted octanol–water partition coefficient (Wildman–Crippen LogP) is 0.603. The average molecular weight is 297 g/mol. The highest BCUT2D eigenvalue weighted by Crippen LogP contribution is 2.10. The first-order valence-electron chi connectivity index (χ1n) is 6.20. The van der Waals surface area contributed by atoms with Gasteiger partial charge in [0.15, 0.2) is 5.84 Å². The summed E-state index contributed by atoms with van der Waals surface area (Å²) in [6.07, 6.45) is 0.00337. The zero-order valence-corrected chi connectivity index (χ0v) is 11.4. The van der Waals surface area contributed by atoms with Crippen LogP contribution >= 0.6 is 0 Å². The molecule has 0 aromatic heterocycles. The van der Waals surface area contributed by atoms with Gasteiger partial charge in [-0.05, 0) is 19.1 Å². The smallest absolute Gasteiger partial charge is 0.307 e. The maximum atomic E-state index is 13.8. The molecule has 0 saturated carbocycles. The van der Waals surface area contributed by atoms with Gasteiger partial charge >= 0.3 is 5.97 Å². The number of amidine groups is 1. The fourth-order valence-electron chi connectivity index (χ4n) is 1.52. The highest BCUT2D eigenvalue weighted by molar-refractivity contribution is 5.99. The van der Waals surface area contributed by atoms with Gasteiger partial charge in [-0.2, -0.15) is 0 Å². The number of benzene rings is 1. The Bertz CT molecular complexity index is 560. The lowest BCUT2D eigenvalue weighted by atomic mass is 10.1. The van der Waals surface area contributed by atoms with E-state index < -0.39 is 17.7 Å². The molecule has 0 aliphatic heterocycles. The summed E-state index contributed by atoms with van der Waals surface area (Å²) >= 11 is 0. The fourth-order valence-corrected chi connectivity index (χ4v) is 1.52. The molecule has 0 bridgehead atoms. The number of nitrogens with one attached hydrogen (secondary N) is 1. The quantitative estimate of drug-likeness (QED) is 0.234. The predicted molar refractivity (Wildman–Crippen MR) is 72.5 cm³/mol. The van der Waals surface area contributed by atoms with Gasteiger partial charge in [-0.1, -0.05) is 11.2 Å². The lowest BCUT2D eigenvalue weighted by molar-refractivity contribution is -0.142.